The largest absolute Gasteiger partial charge is 0.480 e. The molecule has 0 saturated heterocycles. The summed E-state index contributed by atoms with van der Waals surface area (Å²) in [5.74, 6) is -3.65. The van der Waals surface area contributed by atoms with Crippen molar-refractivity contribution in [1.82, 2.24) is 20.9 Å². The summed E-state index contributed by atoms with van der Waals surface area (Å²) in [6.45, 7) is 6.19. The fourth-order valence-corrected chi connectivity index (χ4v) is 3.45. The Morgan fingerprint density at radius 1 is 0.941 bits per heavy atom. The molecule has 11 heteroatoms. The summed E-state index contributed by atoms with van der Waals surface area (Å²) in [7, 11) is 0. The van der Waals surface area contributed by atoms with Crippen LogP contribution in [0.4, 0.5) is 0 Å². The van der Waals surface area contributed by atoms with Crippen molar-refractivity contribution < 1.29 is 29.4 Å². The van der Waals surface area contributed by atoms with Crippen LogP contribution in [-0.4, -0.2) is 69.2 Å². The van der Waals surface area contributed by atoms with Crippen molar-refractivity contribution in [2.24, 2.45) is 11.7 Å². The number of aliphatic hydroxyl groups is 1. The van der Waals surface area contributed by atoms with E-state index in [-0.39, 0.29) is 12.3 Å². The van der Waals surface area contributed by atoms with Crippen LogP contribution < -0.4 is 21.7 Å². The number of hydrogen-bond acceptors (Lipinski definition) is 6. The van der Waals surface area contributed by atoms with Gasteiger partial charge in [0.05, 0.1) is 12.1 Å². The predicted octanol–water partition coefficient (Wildman–Crippen LogP) is -0.367. The standard InChI is InChI=1S/C23H33N5O6/c1-11(2)18(27-20(30)12(3)24)22(32)26-17(21(31)28-19(13(4)29)23(33)34)9-14-10-25-16-8-6-5-7-15(14)16/h5-8,10-13,17-19,25,29H,9,24H2,1-4H3,(H,26,32)(H,27,30)(H,28,31)(H,33,34). The molecule has 0 fully saturated rings. The lowest BCUT2D eigenvalue weighted by Gasteiger charge is -2.27. The monoisotopic (exact) mass is 475 g/mol. The molecule has 11 nitrogen and oxygen atoms in total. The quantitative estimate of drug-likeness (QED) is 0.231. The number of amides is 3. The van der Waals surface area contributed by atoms with Gasteiger partial charge in [-0.05, 0) is 31.4 Å². The Hall–Kier alpha value is -3.44. The van der Waals surface area contributed by atoms with Crippen LogP contribution in [0.1, 0.15) is 33.3 Å². The van der Waals surface area contributed by atoms with E-state index in [1.54, 1.807) is 20.0 Å². The summed E-state index contributed by atoms with van der Waals surface area (Å²) in [5.41, 5.74) is 7.15. The number of carbonyl (C=O) groups excluding carboxylic acids is 3. The number of aliphatic hydroxyl groups excluding tert-OH is 1. The molecule has 1 heterocycles. The van der Waals surface area contributed by atoms with Gasteiger partial charge in [-0.2, -0.15) is 0 Å². The van der Waals surface area contributed by atoms with Crippen molar-refractivity contribution in [3.8, 4) is 0 Å². The van der Waals surface area contributed by atoms with Crippen LogP contribution in [0.15, 0.2) is 30.5 Å². The molecule has 0 aliphatic carbocycles. The molecule has 2 aromatic rings. The fourth-order valence-electron chi connectivity index (χ4n) is 3.45. The summed E-state index contributed by atoms with van der Waals surface area (Å²) in [6, 6.07) is 2.86. The number of nitrogens with two attached hydrogens (primary N) is 1. The van der Waals surface area contributed by atoms with E-state index in [9.17, 15) is 29.4 Å². The van der Waals surface area contributed by atoms with Crippen LogP contribution in [0.3, 0.4) is 0 Å². The van der Waals surface area contributed by atoms with Crippen LogP contribution in [0.25, 0.3) is 10.9 Å². The first-order chi connectivity index (χ1) is 15.9. The number of fused-ring (bicyclic) bond motifs is 1. The van der Waals surface area contributed by atoms with Gasteiger partial charge in [-0.25, -0.2) is 4.79 Å². The SMILES string of the molecule is CC(N)C(=O)NC(C(=O)NC(Cc1c[nH]c2ccccc12)C(=O)NC(C(=O)O)C(C)O)C(C)C. The Morgan fingerprint density at radius 3 is 2.12 bits per heavy atom. The van der Waals surface area contributed by atoms with Gasteiger partial charge in [0, 0.05) is 23.5 Å². The third-order valence-corrected chi connectivity index (χ3v) is 5.44. The normalized spacial score (nSPS) is 15.7. The van der Waals surface area contributed by atoms with Crippen LogP contribution in [0.5, 0.6) is 0 Å². The van der Waals surface area contributed by atoms with E-state index in [4.69, 9.17) is 5.73 Å². The van der Waals surface area contributed by atoms with Crippen molar-refractivity contribution in [2.75, 3.05) is 0 Å². The Bertz CT molecular complexity index is 1030. The minimum atomic E-state index is -1.56. The second-order valence-corrected chi connectivity index (χ2v) is 8.71. The summed E-state index contributed by atoms with van der Waals surface area (Å²) >= 11 is 0. The zero-order chi connectivity index (χ0) is 25.6. The number of carbonyl (C=O) groups is 4. The highest BCUT2D eigenvalue weighted by molar-refractivity contribution is 5.95. The maximum atomic E-state index is 13.1. The average molecular weight is 476 g/mol. The highest BCUT2D eigenvalue weighted by atomic mass is 16.4. The first-order valence-electron chi connectivity index (χ1n) is 11.0. The molecule has 34 heavy (non-hydrogen) atoms. The maximum absolute atomic E-state index is 13.1. The molecule has 0 radical (unpaired) electrons. The van der Waals surface area contributed by atoms with E-state index in [1.165, 1.54) is 13.8 Å². The van der Waals surface area contributed by atoms with Gasteiger partial charge in [-0.1, -0.05) is 32.0 Å². The molecule has 5 unspecified atom stereocenters. The van der Waals surface area contributed by atoms with E-state index >= 15 is 0 Å². The molecule has 1 aromatic heterocycles. The van der Waals surface area contributed by atoms with Gasteiger partial charge in [-0.3, -0.25) is 14.4 Å². The van der Waals surface area contributed by atoms with Gasteiger partial charge in [0.2, 0.25) is 17.7 Å². The number of nitrogens with one attached hydrogen (secondary N) is 4. The lowest BCUT2D eigenvalue weighted by molar-refractivity contribution is -0.145. The third-order valence-electron chi connectivity index (χ3n) is 5.44. The van der Waals surface area contributed by atoms with E-state index in [1.807, 2.05) is 24.3 Å². The minimum Gasteiger partial charge on any atom is -0.480 e. The van der Waals surface area contributed by atoms with Gasteiger partial charge >= 0.3 is 5.97 Å². The summed E-state index contributed by atoms with van der Waals surface area (Å²) in [5, 5.41) is 27.4. The molecule has 5 atom stereocenters. The Kier molecular flexibility index (Phi) is 9.16. The number of carboxylic acid groups (broad SMARTS) is 1. The summed E-state index contributed by atoms with van der Waals surface area (Å²) < 4.78 is 0. The van der Waals surface area contributed by atoms with Crippen molar-refractivity contribution in [1.29, 1.82) is 0 Å². The third kappa shape index (κ3) is 6.78. The number of carboxylic acids is 1. The molecular formula is C23H33N5O6. The number of benzene rings is 1. The molecule has 0 aliphatic heterocycles. The minimum absolute atomic E-state index is 0.0415. The summed E-state index contributed by atoms with van der Waals surface area (Å²) in [6.07, 6.45) is 0.387. The van der Waals surface area contributed by atoms with Gasteiger partial charge < -0.3 is 36.9 Å². The molecule has 8 N–H and O–H groups in total. The Morgan fingerprint density at radius 2 is 1.56 bits per heavy atom. The zero-order valence-electron chi connectivity index (χ0n) is 19.7. The van der Waals surface area contributed by atoms with Gasteiger partial charge in [0.15, 0.2) is 6.04 Å². The maximum Gasteiger partial charge on any atom is 0.328 e. The topological polar surface area (TPSA) is 187 Å². The van der Waals surface area contributed by atoms with Crippen molar-refractivity contribution in [2.45, 2.75) is 64.4 Å². The van der Waals surface area contributed by atoms with E-state index in [2.05, 4.69) is 20.9 Å². The predicted molar refractivity (Wildman–Crippen MR) is 126 cm³/mol. The lowest BCUT2D eigenvalue weighted by atomic mass is 10.00. The van der Waals surface area contributed by atoms with Gasteiger partial charge in [0.25, 0.3) is 0 Å². The Balaban J connectivity index is 2.33. The van der Waals surface area contributed by atoms with Crippen LogP contribution >= 0.6 is 0 Å². The van der Waals surface area contributed by atoms with Gasteiger partial charge in [0.1, 0.15) is 12.1 Å². The van der Waals surface area contributed by atoms with Crippen LogP contribution in [-0.2, 0) is 25.6 Å². The van der Waals surface area contributed by atoms with E-state index < -0.39 is 54.0 Å². The lowest BCUT2D eigenvalue weighted by Crippen LogP contribution is -2.59. The number of para-hydroxylation sites is 1. The zero-order valence-corrected chi connectivity index (χ0v) is 19.7. The van der Waals surface area contributed by atoms with Crippen LogP contribution in [0, 0.1) is 5.92 Å². The van der Waals surface area contributed by atoms with Crippen molar-refractivity contribution in [3.05, 3.63) is 36.0 Å². The molecule has 2 rings (SSSR count). The highest BCUT2D eigenvalue weighted by Gasteiger charge is 2.33. The van der Waals surface area contributed by atoms with Crippen molar-refractivity contribution >= 4 is 34.6 Å². The van der Waals surface area contributed by atoms with E-state index in [0.717, 1.165) is 16.5 Å². The fraction of sp³-hybridized carbons (Fsp3) is 0.478. The molecule has 1 aromatic carbocycles. The van der Waals surface area contributed by atoms with Crippen molar-refractivity contribution in [3.63, 3.8) is 0 Å². The second-order valence-electron chi connectivity index (χ2n) is 8.71. The molecule has 0 aliphatic rings. The van der Waals surface area contributed by atoms with Gasteiger partial charge in [-0.15, -0.1) is 0 Å². The number of rotatable bonds is 11. The molecular weight excluding hydrogens is 442 g/mol. The summed E-state index contributed by atoms with van der Waals surface area (Å²) in [4.78, 5) is 52.8. The first kappa shape index (κ1) is 26.8. The number of hydrogen-bond donors (Lipinski definition) is 7. The molecule has 186 valence electrons. The highest BCUT2D eigenvalue weighted by Crippen LogP contribution is 2.19. The molecule has 3 amide bonds. The second kappa shape index (κ2) is 11.6. The first-order valence-corrected chi connectivity index (χ1v) is 11.0. The van der Waals surface area contributed by atoms with Crippen LogP contribution in [0.2, 0.25) is 0 Å². The number of aliphatic carboxylic acids is 1. The number of H-pyrrole nitrogens is 1. The average Bonchev–Trinajstić information content (AvgIpc) is 3.16. The molecule has 0 saturated carbocycles. The molecule has 0 bridgehead atoms. The smallest absolute Gasteiger partial charge is 0.328 e. The Labute approximate surface area is 197 Å². The number of aromatic amines is 1. The van der Waals surface area contributed by atoms with E-state index in [0.29, 0.717) is 0 Å². The molecule has 0 spiro atoms. The number of aromatic nitrogens is 1.